The molecule has 132 valence electrons. The number of carbonyl (C=O) groups excluding carboxylic acids is 1. The van der Waals surface area contributed by atoms with Gasteiger partial charge in [0.15, 0.2) is 11.3 Å². The van der Waals surface area contributed by atoms with Crippen molar-refractivity contribution in [3.05, 3.63) is 36.2 Å². The molecule has 0 bridgehead atoms. The average molecular weight is 345 g/mol. The van der Waals surface area contributed by atoms with Gasteiger partial charge in [0.25, 0.3) is 0 Å². The number of benzene rings is 1. The summed E-state index contributed by atoms with van der Waals surface area (Å²) in [5, 5.41) is 7.39. The van der Waals surface area contributed by atoms with Gasteiger partial charge in [0.2, 0.25) is 0 Å². The molecule has 1 N–H and O–H groups in total. The third-order valence-electron chi connectivity index (χ3n) is 3.61. The third-order valence-corrected chi connectivity index (χ3v) is 3.61. The Balaban J connectivity index is 1.86. The Kier molecular flexibility index (Phi) is 4.90. The minimum atomic E-state index is -0.615. The standard InChI is InChI=1S/C17H19N3O5/c1-4-20-15(7-8-18-20)19-17(21)25-13-5-6-14(23-3)16-12(13)9-11(24-16)10-22-2/h5-9H,4,10H2,1-3H3,(H,19,21). The van der Waals surface area contributed by atoms with E-state index >= 15 is 0 Å². The van der Waals surface area contributed by atoms with Crippen LogP contribution in [0.15, 0.2) is 34.9 Å². The Bertz CT molecular complexity index is 884. The first-order valence-corrected chi connectivity index (χ1v) is 7.75. The fourth-order valence-electron chi connectivity index (χ4n) is 2.51. The highest BCUT2D eigenvalue weighted by molar-refractivity contribution is 5.93. The maximum atomic E-state index is 12.2. The van der Waals surface area contributed by atoms with Crippen molar-refractivity contribution in [2.45, 2.75) is 20.1 Å². The maximum absolute atomic E-state index is 12.2. The molecule has 2 aromatic heterocycles. The van der Waals surface area contributed by atoms with Crippen LogP contribution in [0.4, 0.5) is 10.6 Å². The van der Waals surface area contributed by atoms with E-state index in [0.717, 1.165) is 0 Å². The van der Waals surface area contributed by atoms with Crippen LogP contribution in [0.2, 0.25) is 0 Å². The van der Waals surface area contributed by atoms with Crippen molar-refractivity contribution < 1.29 is 23.4 Å². The molecule has 8 heteroatoms. The lowest BCUT2D eigenvalue weighted by Gasteiger charge is -2.09. The summed E-state index contributed by atoms with van der Waals surface area (Å²) in [6.07, 6.45) is 0.994. The van der Waals surface area contributed by atoms with E-state index in [-0.39, 0.29) is 0 Å². The molecule has 3 aromatic rings. The molecule has 8 nitrogen and oxygen atoms in total. The molecule has 3 rings (SSSR count). The summed E-state index contributed by atoms with van der Waals surface area (Å²) in [6, 6.07) is 6.80. The lowest BCUT2D eigenvalue weighted by molar-refractivity contribution is 0.166. The van der Waals surface area contributed by atoms with Gasteiger partial charge in [-0.3, -0.25) is 5.32 Å². The molecule has 25 heavy (non-hydrogen) atoms. The zero-order valence-corrected chi connectivity index (χ0v) is 14.2. The summed E-state index contributed by atoms with van der Waals surface area (Å²) in [4.78, 5) is 12.2. The molecule has 0 aliphatic rings. The SMILES string of the molecule is CCn1nccc1NC(=O)Oc1ccc(OC)c2oc(COC)cc12. The van der Waals surface area contributed by atoms with E-state index in [1.165, 1.54) is 0 Å². The molecule has 1 amide bonds. The molecular weight excluding hydrogens is 326 g/mol. The summed E-state index contributed by atoms with van der Waals surface area (Å²) in [5.74, 6) is 2.08. The lowest BCUT2D eigenvalue weighted by Crippen LogP contribution is -2.19. The van der Waals surface area contributed by atoms with Crippen LogP contribution in [-0.2, 0) is 17.9 Å². The van der Waals surface area contributed by atoms with Gasteiger partial charge in [-0.25, -0.2) is 9.48 Å². The highest BCUT2D eigenvalue weighted by Gasteiger charge is 2.17. The van der Waals surface area contributed by atoms with E-state index < -0.39 is 6.09 Å². The van der Waals surface area contributed by atoms with Gasteiger partial charge in [-0.2, -0.15) is 5.10 Å². The molecule has 0 saturated heterocycles. The van der Waals surface area contributed by atoms with Crippen LogP contribution in [0.3, 0.4) is 0 Å². The fraction of sp³-hybridized carbons (Fsp3) is 0.294. The first-order chi connectivity index (χ1) is 12.2. The predicted octanol–water partition coefficient (Wildman–Crippen LogP) is 3.42. The molecule has 0 saturated carbocycles. The summed E-state index contributed by atoms with van der Waals surface area (Å²) >= 11 is 0. The van der Waals surface area contributed by atoms with Crippen LogP contribution in [0, 0.1) is 0 Å². The van der Waals surface area contributed by atoms with Crippen molar-refractivity contribution >= 4 is 22.9 Å². The summed E-state index contributed by atoms with van der Waals surface area (Å²) in [6.45, 7) is 2.87. The Morgan fingerprint density at radius 2 is 2.08 bits per heavy atom. The number of hydrogen-bond acceptors (Lipinski definition) is 6. The normalized spacial score (nSPS) is 10.8. The van der Waals surface area contributed by atoms with E-state index in [4.69, 9.17) is 18.6 Å². The number of rotatable bonds is 6. The van der Waals surface area contributed by atoms with E-state index in [1.54, 1.807) is 49.4 Å². The lowest BCUT2D eigenvalue weighted by atomic mass is 10.2. The highest BCUT2D eigenvalue weighted by Crippen LogP contribution is 2.36. The summed E-state index contributed by atoms with van der Waals surface area (Å²) in [5.41, 5.74) is 0.499. The Hall–Kier alpha value is -3.00. The number of furan rings is 1. The number of hydrogen-bond donors (Lipinski definition) is 1. The first kappa shape index (κ1) is 16.8. The Labute approximate surface area is 144 Å². The van der Waals surface area contributed by atoms with E-state index in [9.17, 15) is 4.79 Å². The van der Waals surface area contributed by atoms with Gasteiger partial charge in [-0.05, 0) is 25.1 Å². The molecule has 0 aliphatic carbocycles. The minimum absolute atomic E-state index is 0.305. The quantitative estimate of drug-likeness (QED) is 0.736. The first-order valence-electron chi connectivity index (χ1n) is 7.75. The van der Waals surface area contributed by atoms with Gasteiger partial charge >= 0.3 is 6.09 Å². The molecule has 2 heterocycles. The van der Waals surface area contributed by atoms with Crippen molar-refractivity contribution in [2.24, 2.45) is 0 Å². The second-order valence-electron chi connectivity index (χ2n) is 5.20. The third kappa shape index (κ3) is 3.43. The number of aryl methyl sites for hydroxylation is 1. The molecule has 0 radical (unpaired) electrons. The number of nitrogens with one attached hydrogen (secondary N) is 1. The molecule has 0 aliphatic heterocycles. The monoisotopic (exact) mass is 345 g/mol. The topological polar surface area (TPSA) is 87.8 Å². The minimum Gasteiger partial charge on any atom is -0.493 e. The van der Waals surface area contributed by atoms with Crippen molar-refractivity contribution in [2.75, 3.05) is 19.5 Å². The van der Waals surface area contributed by atoms with Crippen LogP contribution in [0.5, 0.6) is 11.5 Å². The number of nitrogens with zero attached hydrogens (tertiary/aromatic N) is 2. The largest absolute Gasteiger partial charge is 0.493 e. The van der Waals surface area contributed by atoms with E-state index in [2.05, 4.69) is 10.4 Å². The van der Waals surface area contributed by atoms with Gasteiger partial charge in [0.1, 0.15) is 23.9 Å². The van der Waals surface area contributed by atoms with Crippen LogP contribution in [0.25, 0.3) is 11.0 Å². The summed E-state index contributed by atoms with van der Waals surface area (Å²) in [7, 11) is 3.12. The number of carbonyl (C=O) groups is 1. The Morgan fingerprint density at radius 1 is 1.28 bits per heavy atom. The van der Waals surface area contributed by atoms with Crippen molar-refractivity contribution in [3.8, 4) is 11.5 Å². The van der Waals surface area contributed by atoms with Gasteiger partial charge in [0, 0.05) is 19.7 Å². The second-order valence-corrected chi connectivity index (χ2v) is 5.20. The predicted molar refractivity (Wildman–Crippen MR) is 91.0 cm³/mol. The molecule has 0 spiro atoms. The zero-order valence-electron chi connectivity index (χ0n) is 14.2. The molecule has 0 atom stereocenters. The molecular formula is C17H19N3O5. The average Bonchev–Trinajstić information content (AvgIpc) is 3.22. The number of anilines is 1. The molecule has 0 fully saturated rings. The van der Waals surface area contributed by atoms with Crippen molar-refractivity contribution in [3.63, 3.8) is 0 Å². The van der Waals surface area contributed by atoms with Gasteiger partial charge in [0.05, 0.1) is 18.7 Å². The smallest absolute Gasteiger partial charge is 0.418 e. The number of ether oxygens (including phenoxy) is 3. The second kappa shape index (κ2) is 7.27. The van der Waals surface area contributed by atoms with Gasteiger partial charge in [-0.15, -0.1) is 0 Å². The van der Waals surface area contributed by atoms with Gasteiger partial charge < -0.3 is 18.6 Å². The summed E-state index contributed by atoms with van der Waals surface area (Å²) < 4.78 is 23.2. The van der Waals surface area contributed by atoms with Crippen LogP contribution in [-0.4, -0.2) is 30.1 Å². The van der Waals surface area contributed by atoms with Crippen molar-refractivity contribution in [1.29, 1.82) is 0 Å². The van der Waals surface area contributed by atoms with Gasteiger partial charge in [-0.1, -0.05) is 0 Å². The number of methoxy groups -OCH3 is 2. The zero-order chi connectivity index (χ0) is 17.8. The fourth-order valence-corrected chi connectivity index (χ4v) is 2.51. The molecule has 1 aromatic carbocycles. The number of aromatic nitrogens is 2. The maximum Gasteiger partial charge on any atom is 0.418 e. The van der Waals surface area contributed by atoms with Crippen LogP contribution in [0.1, 0.15) is 12.7 Å². The highest BCUT2D eigenvalue weighted by atomic mass is 16.6. The number of amides is 1. The van der Waals surface area contributed by atoms with Crippen LogP contribution >= 0.6 is 0 Å². The molecule has 0 unspecified atom stereocenters. The number of fused-ring (bicyclic) bond motifs is 1. The van der Waals surface area contributed by atoms with Crippen molar-refractivity contribution in [1.82, 2.24) is 9.78 Å². The Morgan fingerprint density at radius 3 is 2.80 bits per heavy atom. The van der Waals surface area contributed by atoms with E-state index in [0.29, 0.717) is 47.2 Å². The van der Waals surface area contributed by atoms with E-state index in [1.807, 2.05) is 6.92 Å². The van der Waals surface area contributed by atoms with Crippen LogP contribution < -0.4 is 14.8 Å².